The monoisotopic (exact) mass is 199 g/mol. The van der Waals surface area contributed by atoms with E-state index in [0.717, 1.165) is 18.1 Å². The predicted octanol–water partition coefficient (Wildman–Crippen LogP) is 1.73. The molecule has 0 spiro atoms. The summed E-state index contributed by atoms with van der Waals surface area (Å²) < 4.78 is 0. The first-order valence-electron chi connectivity index (χ1n) is 4.58. The second-order valence-electron chi connectivity index (χ2n) is 3.30. The number of nitrogens with zero attached hydrogens (tertiary/aromatic N) is 1. The van der Waals surface area contributed by atoms with Crippen LogP contribution in [0.3, 0.4) is 0 Å². The molecule has 0 saturated carbocycles. The molecular formula is C9H17N3S. The topological polar surface area (TPSA) is 37.0 Å². The number of hydrogen-bond donors (Lipinski definition) is 2. The van der Waals surface area contributed by atoms with Crippen molar-refractivity contribution < 1.29 is 0 Å². The Morgan fingerprint density at radius 3 is 2.92 bits per heavy atom. The first-order chi connectivity index (χ1) is 6.22. The Bertz CT molecular complexity index is 245. The molecule has 3 nitrogen and oxygen atoms in total. The minimum absolute atomic E-state index is 0.461. The normalized spacial score (nSPS) is 10.8. The Balaban J connectivity index is 2.44. The Kier molecular flexibility index (Phi) is 4.18. The number of rotatable bonds is 5. The summed E-state index contributed by atoms with van der Waals surface area (Å²) >= 11 is 1.68. The van der Waals surface area contributed by atoms with Crippen LogP contribution in [0.2, 0.25) is 0 Å². The molecule has 13 heavy (non-hydrogen) atoms. The van der Waals surface area contributed by atoms with E-state index in [2.05, 4.69) is 34.8 Å². The van der Waals surface area contributed by atoms with E-state index in [1.165, 1.54) is 5.69 Å². The van der Waals surface area contributed by atoms with Crippen LogP contribution in [0.25, 0.3) is 0 Å². The van der Waals surface area contributed by atoms with Gasteiger partial charge in [-0.05, 0) is 20.9 Å². The SMILES string of the molecule is CNCCc1csc(NC(C)C)n1. The summed E-state index contributed by atoms with van der Waals surface area (Å²) in [6.45, 7) is 5.23. The van der Waals surface area contributed by atoms with E-state index in [4.69, 9.17) is 0 Å². The van der Waals surface area contributed by atoms with Gasteiger partial charge >= 0.3 is 0 Å². The van der Waals surface area contributed by atoms with Crippen LogP contribution >= 0.6 is 11.3 Å². The Hall–Kier alpha value is -0.610. The largest absolute Gasteiger partial charge is 0.359 e. The lowest BCUT2D eigenvalue weighted by molar-refractivity contribution is 0.779. The van der Waals surface area contributed by atoms with Crippen molar-refractivity contribution in [1.29, 1.82) is 0 Å². The van der Waals surface area contributed by atoms with Gasteiger partial charge in [0, 0.05) is 24.4 Å². The molecule has 0 aromatic carbocycles. The summed E-state index contributed by atoms with van der Waals surface area (Å²) in [7, 11) is 1.96. The molecule has 0 bridgehead atoms. The van der Waals surface area contributed by atoms with Gasteiger partial charge in [-0.3, -0.25) is 0 Å². The second kappa shape index (κ2) is 5.19. The highest BCUT2D eigenvalue weighted by Gasteiger charge is 2.01. The predicted molar refractivity (Wildman–Crippen MR) is 58.5 cm³/mol. The smallest absolute Gasteiger partial charge is 0.183 e. The molecule has 0 aliphatic carbocycles. The Labute approximate surface area is 83.6 Å². The van der Waals surface area contributed by atoms with Crippen molar-refractivity contribution in [1.82, 2.24) is 10.3 Å². The minimum Gasteiger partial charge on any atom is -0.359 e. The third-order valence-electron chi connectivity index (χ3n) is 1.60. The lowest BCUT2D eigenvalue weighted by Crippen LogP contribution is -2.11. The highest BCUT2D eigenvalue weighted by molar-refractivity contribution is 7.13. The average molecular weight is 199 g/mol. The van der Waals surface area contributed by atoms with Crippen LogP contribution < -0.4 is 10.6 Å². The second-order valence-corrected chi connectivity index (χ2v) is 4.15. The van der Waals surface area contributed by atoms with Gasteiger partial charge in [-0.25, -0.2) is 4.98 Å². The van der Waals surface area contributed by atoms with Crippen LogP contribution in [0, 0.1) is 0 Å². The zero-order valence-corrected chi connectivity index (χ0v) is 9.24. The zero-order chi connectivity index (χ0) is 9.68. The minimum atomic E-state index is 0.461. The molecule has 1 heterocycles. The fraction of sp³-hybridized carbons (Fsp3) is 0.667. The molecule has 0 aliphatic rings. The van der Waals surface area contributed by atoms with E-state index in [1.54, 1.807) is 11.3 Å². The number of nitrogens with one attached hydrogen (secondary N) is 2. The van der Waals surface area contributed by atoms with Crippen molar-refractivity contribution in [3.05, 3.63) is 11.1 Å². The summed E-state index contributed by atoms with van der Waals surface area (Å²) in [6.07, 6.45) is 1.01. The highest BCUT2D eigenvalue weighted by atomic mass is 32.1. The maximum absolute atomic E-state index is 4.46. The van der Waals surface area contributed by atoms with E-state index in [-0.39, 0.29) is 0 Å². The van der Waals surface area contributed by atoms with Crippen LogP contribution in [-0.4, -0.2) is 24.6 Å². The molecule has 0 aliphatic heterocycles. The van der Waals surface area contributed by atoms with Crippen LogP contribution in [-0.2, 0) is 6.42 Å². The van der Waals surface area contributed by atoms with Crippen LogP contribution in [0.4, 0.5) is 5.13 Å². The van der Waals surface area contributed by atoms with Gasteiger partial charge in [-0.15, -0.1) is 11.3 Å². The number of anilines is 1. The average Bonchev–Trinajstić information content (AvgIpc) is 2.48. The van der Waals surface area contributed by atoms with Crippen LogP contribution in [0.5, 0.6) is 0 Å². The highest BCUT2D eigenvalue weighted by Crippen LogP contribution is 2.16. The molecule has 0 radical (unpaired) electrons. The molecule has 0 unspecified atom stereocenters. The number of aromatic nitrogens is 1. The van der Waals surface area contributed by atoms with E-state index < -0.39 is 0 Å². The van der Waals surface area contributed by atoms with E-state index >= 15 is 0 Å². The first kappa shape index (κ1) is 10.5. The Morgan fingerprint density at radius 1 is 1.54 bits per heavy atom. The van der Waals surface area contributed by atoms with Gasteiger partial charge in [0.1, 0.15) is 0 Å². The van der Waals surface area contributed by atoms with Crippen molar-refractivity contribution in [2.75, 3.05) is 18.9 Å². The molecule has 0 atom stereocenters. The zero-order valence-electron chi connectivity index (χ0n) is 8.42. The van der Waals surface area contributed by atoms with Crippen molar-refractivity contribution in [3.63, 3.8) is 0 Å². The molecule has 0 fully saturated rings. The summed E-state index contributed by atoms with van der Waals surface area (Å²) in [5.74, 6) is 0. The van der Waals surface area contributed by atoms with Crippen molar-refractivity contribution in [3.8, 4) is 0 Å². The summed E-state index contributed by atoms with van der Waals surface area (Å²) in [4.78, 5) is 4.46. The fourth-order valence-electron chi connectivity index (χ4n) is 0.988. The van der Waals surface area contributed by atoms with E-state index in [1.807, 2.05) is 7.05 Å². The van der Waals surface area contributed by atoms with Crippen LogP contribution in [0.1, 0.15) is 19.5 Å². The summed E-state index contributed by atoms with van der Waals surface area (Å²) in [5, 5.41) is 9.54. The van der Waals surface area contributed by atoms with Gasteiger partial charge in [0.05, 0.1) is 5.69 Å². The standard InChI is InChI=1S/C9H17N3S/c1-7(2)11-9-12-8(6-13-9)4-5-10-3/h6-7,10H,4-5H2,1-3H3,(H,11,12). The Morgan fingerprint density at radius 2 is 2.31 bits per heavy atom. The number of likely N-dealkylation sites (N-methyl/N-ethyl adjacent to an activating group) is 1. The van der Waals surface area contributed by atoms with Gasteiger partial charge in [0.2, 0.25) is 0 Å². The van der Waals surface area contributed by atoms with Crippen molar-refractivity contribution >= 4 is 16.5 Å². The molecule has 0 saturated heterocycles. The molecular weight excluding hydrogens is 182 g/mol. The molecule has 1 aromatic heterocycles. The van der Waals surface area contributed by atoms with Crippen LogP contribution in [0.15, 0.2) is 5.38 Å². The quantitative estimate of drug-likeness (QED) is 0.758. The molecule has 0 amide bonds. The summed E-state index contributed by atoms with van der Waals surface area (Å²) in [5.41, 5.74) is 1.17. The first-order valence-corrected chi connectivity index (χ1v) is 5.46. The molecule has 2 N–H and O–H groups in total. The number of hydrogen-bond acceptors (Lipinski definition) is 4. The van der Waals surface area contributed by atoms with E-state index in [0.29, 0.717) is 6.04 Å². The molecule has 1 aromatic rings. The molecule has 74 valence electrons. The van der Waals surface area contributed by atoms with Gasteiger partial charge < -0.3 is 10.6 Å². The van der Waals surface area contributed by atoms with Crippen molar-refractivity contribution in [2.45, 2.75) is 26.3 Å². The summed E-state index contributed by atoms with van der Waals surface area (Å²) in [6, 6.07) is 0.461. The van der Waals surface area contributed by atoms with Gasteiger partial charge in [0.15, 0.2) is 5.13 Å². The van der Waals surface area contributed by atoms with Gasteiger partial charge in [0.25, 0.3) is 0 Å². The number of thiazole rings is 1. The fourth-order valence-corrected chi connectivity index (χ4v) is 1.88. The van der Waals surface area contributed by atoms with Gasteiger partial charge in [-0.2, -0.15) is 0 Å². The molecule has 1 rings (SSSR count). The lowest BCUT2D eigenvalue weighted by Gasteiger charge is -2.04. The van der Waals surface area contributed by atoms with Crippen molar-refractivity contribution in [2.24, 2.45) is 0 Å². The molecule has 4 heteroatoms. The third-order valence-corrected chi connectivity index (χ3v) is 2.42. The maximum Gasteiger partial charge on any atom is 0.183 e. The third kappa shape index (κ3) is 3.74. The van der Waals surface area contributed by atoms with Gasteiger partial charge in [-0.1, -0.05) is 0 Å². The maximum atomic E-state index is 4.46. The lowest BCUT2D eigenvalue weighted by atomic mass is 10.3. The van der Waals surface area contributed by atoms with E-state index in [9.17, 15) is 0 Å².